The summed E-state index contributed by atoms with van der Waals surface area (Å²) < 4.78 is 15.6. The molecule has 9 heteroatoms. The van der Waals surface area contributed by atoms with E-state index in [0.717, 1.165) is 11.1 Å². The lowest BCUT2D eigenvalue weighted by molar-refractivity contribution is -0.384. The van der Waals surface area contributed by atoms with E-state index in [2.05, 4.69) is 0 Å². The summed E-state index contributed by atoms with van der Waals surface area (Å²) in [6.45, 7) is 0.339. The van der Waals surface area contributed by atoms with E-state index in [1.807, 2.05) is 6.07 Å². The zero-order valence-electron chi connectivity index (χ0n) is 16.9. The lowest BCUT2D eigenvalue weighted by Gasteiger charge is -2.37. The van der Waals surface area contributed by atoms with Crippen molar-refractivity contribution in [2.75, 3.05) is 27.9 Å². The van der Waals surface area contributed by atoms with E-state index >= 15 is 0 Å². The number of nitrogens with zero attached hydrogens (tertiary/aromatic N) is 2. The summed E-state index contributed by atoms with van der Waals surface area (Å²) in [4.78, 5) is 37.4. The Labute approximate surface area is 173 Å². The first kappa shape index (κ1) is 21.1. The second-order valence-corrected chi connectivity index (χ2v) is 6.76. The Morgan fingerprint density at radius 1 is 1.13 bits per heavy atom. The third-order valence-electron chi connectivity index (χ3n) is 5.16. The smallest absolute Gasteiger partial charge is 0.307 e. The third kappa shape index (κ3) is 4.05. The number of hydrogen-bond donors (Lipinski definition) is 0. The van der Waals surface area contributed by atoms with Gasteiger partial charge in [-0.25, -0.2) is 0 Å². The van der Waals surface area contributed by atoms with Crippen molar-refractivity contribution in [3.63, 3.8) is 0 Å². The summed E-state index contributed by atoms with van der Waals surface area (Å²) in [6, 6.07) is 8.55. The molecule has 0 aromatic heterocycles. The lowest BCUT2D eigenvalue weighted by Crippen LogP contribution is -2.41. The van der Waals surface area contributed by atoms with Crippen molar-refractivity contribution in [1.29, 1.82) is 0 Å². The number of non-ortho nitro benzene ring substituents is 1. The molecule has 0 fully saturated rings. The van der Waals surface area contributed by atoms with E-state index in [1.54, 1.807) is 11.0 Å². The number of hydrogen-bond acceptors (Lipinski definition) is 7. The first-order valence-electron chi connectivity index (χ1n) is 9.26. The highest BCUT2D eigenvalue weighted by Gasteiger charge is 2.34. The van der Waals surface area contributed by atoms with Crippen LogP contribution >= 0.6 is 0 Å². The molecule has 0 saturated heterocycles. The van der Waals surface area contributed by atoms with Gasteiger partial charge in [0, 0.05) is 24.2 Å². The average Bonchev–Trinajstić information content (AvgIpc) is 2.77. The van der Waals surface area contributed by atoms with Gasteiger partial charge >= 0.3 is 5.97 Å². The van der Waals surface area contributed by atoms with Crippen molar-refractivity contribution in [3.05, 3.63) is 63.2 Å². The van der Waals surface area contributed by atoms with Gasteiger partial charge in [0.2, 0.25) is 0 Å². The van der Waals surface area contributed by atoms with Gasteiger partial charge in [-0.15, -0.1) is 0 Å². The van der Waals surface area contributed by atoms with E-state index in [4.69, 9.17) is 14.2 Å². The number of esters is 1. The van der Waals surface area contributed by atoms with Crippen LogP contribution in [0.4, 0.5) is 5.69 Å². The molecule has 158 valence electrons. The van der Waals surface area contributed by atoms with Crippen LogP contribution in [0.3, 0.4) is 0 Å². The number of carbonyl (C=O) groups excluding carboxylic acids is 2. The first-order valence-corrected chi connectivity index (χ1v) is 9.26. The SMILES string of the molecule is COC(=O)C[C@H]1c2cc(OC)c(OC)cc2CCN1C(=O)c1cccc([N+](=O)[O-])c1. The normalized spacial score (nSPS) is 15.2. The number of benzene rings is 2. The van der Waals surface area contributed by atoms with Crippen molar-refractivity contribution < 1.29 is 28.7 Å². The molecule has 30 heavy (non-hydrogen) atoms. The standard InChI is InChI=1S/C21H22N2O7/c1-28-18-10-13-7-8-22(21(25)14-5-4-6-15(9-14)23(26)27)17(12-20(24)30-3)16(13)11-19(18)29-2/h4-6,9-11,17H,7-8,12H2,1-3H3/t17-/m0/s1. The molecule has 0 saturated carbocycles. The predicted octanol–water partition coefficient (Wildman–Crippen LogP) is 2.91. The molecular formula is C21H22N2O7. The van der Waals surface area contributed by atoms with Gasteiger partial charge in [0.25, 0.3) is 11.6 Å². The van der Waals surface area contributed by atoms with Crippen LogP contribution in [0.25, 0.3) is 0 Å². The molecule has 0 bridgehead atoms. The Kier molecular flexibility index (Phi) is 6.20. The molecule has 1 aliphatic heterocycles. The minimum Gasteiger partial charge on any atom is -0.493 e. The molecule has 0 aliphatic carbocycles. The first-order chi connectivity index (χ1) is 14.4. The molecule has 0 N–H and O–H groups in total. The van der Waals surface area contributed by atoms with Gasteiger partial charge in [0.1, 0.15) is 0 Å². The monoisotopic (exact) mass is 414 g/mol. The van der Waals surface area contributed by atoms with Gasteiger partial charge in [-0.3, -0.25) is 19.7 Å². The Morgan fingerprint density at radius 3 is 2.47 bits per heavy atom. The van der Waals surface area contributed by atoms with Gasteiger partial charge in [-0.2, -0.15) is 0 Å². The van der Waals surface area contributed by atoms with E-state index in [0.29, 0.717) is 24.5 Å². The van der Waals surface area contributed by atoms with Gasteiger partial charge < -0.3 is 19.1 Å². The lowest BCUT2D eigenvalue weighted by atomic mass is 9.89. The highest BCUT2D eigenvalue weighted by molar-refractivity contribution is 5.95. The zero-order chi connectivity index (χ0) is 21.8. The molecule has 0 radical (unpaired) electrons. The number of nitro groups is 1. The van der Waals surface area contributed by atoms with Gasteiger partial charge in [0.05, 0.1) is 38.7 Å². The number of carbonyl (C=O) groups is 2. The fraction of sp³-hybridized carbons (Fsp3) is 0.333. The largest absolute Gasteiger partial charge is 0.493 e. The molecule has 9 nitrogen and oxygen atoms in total. The summed E-state index contributed by atoms with van der Waals surface area (Å²) in [5.74, 6) is 0.176. The quantitative estimate of drug-likeness (QED) is 0.406. The Bertz CT molecular complexity index is 989. The maximum absolute atomic E-state index is 13.2. The van der Waals surface area contributed by atoms with Crippen molar-refractivity contribution >= 4 is 17.6 Å². The van der Waals surface area contributed by atoms with Crippen LogP contribution in [0.1, 0.15) is 33.9 Å². The zero-order valence-corrected chi connectivity index (χ0v) is 16.9. The second-order valence-electron chi connectivity index (χ2n) is 6.76. The van der Waals surface area contributed by atoms with Crippen molar-refractivity contribution in [2.24, 2.45) is 0 Å². The van der Waals surface area contributed by atoms with E-state index in [-0.39, 0.29) is 17.7 Å². The second kappa shape index (κ2) is 8.81. The summed E-state index contributed by atoms with van der Waals surface area (Å²) in [6.07, 6.45) is 0.480. The molecule has 1 atom stereocenters. The number of rotatable bonds is 6. The highest BCUT2D eigenvalue weighted by atomic mass is 16.6. The van der Waals surface area contributed by atoms with Crippen LogP contribution in [0, 0.1) is 10.1 Å². The van der Waals surface area contributed by atoms with Crippen LogP contribution in [0.2, 0.25) is 0 Å². The van der Waals surface area contributed by atoms with Crippen LogP contribution in [0.15, 0.2) is 36.4 Å². The Balaban J connectivity index is 2.04. The highest BCUT2D eigenvalue weighted by Crippen LogP contribution is 2.40. The molecule has 0 unspecified atom stereocenters. The number of fused-ring (bicyclic) bond motifs is 1. The molecule has 1 heterocycles. The van der Waals surface area contributed by atoms with Crippen molar-refractivity contribution in [1.82, 2.24) is 4.90 Å². The number of methoxy groups -OCH3 is 3. The molecule has 1 aliphatic rings. The average molecular weight is 414 g/mol. The van der Waals surface area contributed by atoms with Gasteiger partial charge in [-0.05, 0) is 35.7 Å². The molecular weight excluding hydrogens is 392 g/mol. The van der Waals surface area contributed by atoms with Crippen LogP contribution in [-0.4, -0.2) is 49.6 Å². The Morgan fingerprint density at radius 2 is 1.83 bits per heavy atom. The fourth-order valence-corrected chi connectivity index (χ4v) is 3.65. The minimum absolute atomic E-state index is 0.0559. The number of amides is 1. The van der Waals surface area contributed by atoms with Gasteiger partial charge in [0.15, 0.2) is 11.5 Å². The topological polar surface area (TPSA) is 108 Å². The van der Waals surface area contributed by atoms with Crippen LogP contribution in [-0.2, 0) is 16.0 Å². The predicted molar refractivity (Wildman–Crippen MR) is 107 cm³/mol. The maximum Gasteiger partial charge on any atom is 0.307 e. The molecule has 2 aromatic rings. The number of ether oxygens (including phenoxy) is 3. The molecule has 3 rings (SSSR count). The third-order valence-corrected chi connectivity index (χ3v) is 5.16. The maximum atomic E-state index is 13.2. The summed E-state index contributed by atoms with van der Waals surface area (Å²) in [7, 11) is 4.33. The van der Waals surface area contributed by atoms with E-state index in [9.17, 15) is 19.7 Å². The Hall–Kier alpha value is -3.62. The summed E-state index contributed by atoms with van der Waals surface area (Å²) in [5.41, 5.74) is 1.70. The van der Waals surface area contributed by atoms with E-state index in [1.165, 1.54) is 45.6 Å². The molecule has 0 spiro atoms. The summed E-state index contributed by atoms with van der Waals surface area (Å²) >= 11 is 0. The van der Waals surface area contributed by atoms with Crippen molar-refractivity contribution in [3.8, 4) is 11.5 Å². The summed E-state index contributed by atoms with van der Waals surface area (Å²) in [5, 5.41) is 11.1. The van der Waals surface area contributed by atoms with Gasteiger partial charge in [-0.1, -0.05) is 6.07 Å². The minimum atomic E-state index is -0.604. The van der Waals surface area contributed by atoms with Crippen LogP contribution < -0.4 is 9.47 Å². The number of nitro benzene ring substituents is 1. The van der Waals surface area contributed by atoms with Crippen molar-refractivity contribution in [2.45, 2.75) is 18.9 Å². The molecule has 1 amide bonds. The van der Waals surface area contributed by atoms with Crippen LogP contribution in [0.5, 0.6) is 11.5 Å². The fourth-order valence-electron chi connectivity index (χ4n) is 3.65. The van der Waals surface area contributed by atoms with E-state index < -0.39 is 22.8 Å². The molecule has 2 aromatic carbocycles.